The highest BCUT2D eigenvalue weighted by Gasteiger charge is 2.37. The number of amides is 3. The summed E-state index contributed by atoms with van der Waals surface area (Å²) >= 11 is 20.0. The molecule has 0 radical (unpaired) electrons. The fourth-order valence-corrected chi connectivity index (χ4v) is 6.68. The summed E-state index contributed by atoms with van der Waals surface area (Å²) in [6, 6.07) is 8.78. The van der Waals surface area contributed by atoms with Crippen LogP contribution in [0.2, 0.25) is 10.0 Å². The number of hydrogen-bond acceptors (Lipinski definition) is 5. The fourth-order valence-electron chi connectivity index (χ4n) is 3.93. The molecule has 11 heteroatoms. The number of carbonyl (C=O) groups is 3. The van der Waals surface area contributed by atoms with Crippen LogP contribution >= 0.6 is 66.8 Å². The Hall–Kier alpha value is -1.52. The van der Waals surface area contributed by atoms with Gasteiger partial charge in [-0.25, -0.2) is 0 Å². The lowest BCUT2D eigenvalue weighted by atomic mass is 10.2. The largest absolute Gasteiger partial charge is 0.486 e. The van der Waals surface area contributed by atoms with Crippen molar-refractivity contribution in [2.45, 2.75) is 32.3 Å². The molecule has 2 heterocycles. The molecule has 0 spiro atoms. The Kier molecular flexibility index (Phi) is 9.44. The van der Waals surface area contributed by atoms with Crippen LogP contribution in [0.25, 0.3) is 6.08 Å². The molecular weight excluding hydrogens is 655 g/mol. The molecule has 2 aromatic rings. The second-order valence-electron chi connectivity index (χ2n) is 8.40. The number of carbonyl (C=O) groups excluding carboxylic acids is 3. The summed E-state index contributed by atoms with van der Waals surface area (Å²) in [4.78, 5) is 41.2. The third kappa shape index (κ3) is 6.67. The number of thioether (sulfide) groups is 1. The number of likely N-dealkylation sites (tertiary alicyclic amines) is 1. The average molecular weight is 677 g/mol. The summed E-state index contributed by atoms with van der Waals surface area (Å²) in [5.74, 6) is -0.0827. The molecule has 6 nitrogen and oxygen atoms in total. The molecule has 3 amide bonds. The number of halogens is 4. The molecule has 0 unspecified atom stereocenters. The van der Waals surface area contributed by atoms with E-state index in [1.54, 1.807) is 41.3 Å². The van der Waals surface area contributed by atoms with Crippen LogP contribution in [0.5, 0.6) is 5.75 Å². The summed E-state index contributed by atoms with van der Waals surface area (Å²) in [6.07, 6.45) is 5.72. The SMILES string of the molecule is O=C(CN1C(=O)SC(=Cc2cc(Br)c(OCc3ccc(Cl)cc3Cl)c(Br)c2)C1=O)N1CCCCCC1. The fraction of sp³-hybridized carbons (Fsp3) is 0.320. The van der Waals surface area contributed by atoms with E-state index in [2.05, 4.69) is 31.9 Å². The van der Waals surface area contributed by atoms with Crippen molar-refractivity contribution in [1.29, 1.82) is 0 Å². The van der Waals surface area contributed by atoms with Gasteiger partial charge < -0.3 is 9.64 Å². The first-order valence-electron chi connectivity index (χ1n) is 11.3. The Morgan fingerprint density at radius 2 is 1.69 bits per heavy atom. The predicted octanol–water partition coefficient (Wildman–Crippen LogP) is 7.54. The van der Waals surface area contributed by atoms with Gasteiger partial charge in [0.25, 0.3) is 11.1 Å². The summed E-state index contributed by atoms with van der Waals surface area (Å²) < 4.78 is 7.26. The molecule has 2 fully saturated rings. The van der Waals surface area contributed by atoms with E-state index in [1.807, 2.05) is 0 Å². The third-order valence-electron chi connectivity index (χ3n) is 5.83. The molecule has 2 aliphatic heterocycles. The number of nitrogens with zero attached hydrogens (tertiary/aromatic N) is 2. The third-order valence-corrected chi connectivity index (χ3v) is 8.50. The molecule has 36 heavy (non-hydrogen) atoms. The molecule has 0 aliphatic carbocycles. The van der Waals surface area contributed by atoms with E-state index < -0.39 is 11.1 Å². The Labute approximate surface area is 240 Å². The first kappa shape index (κ1) is 27.5. The van der Waals surface area contributed by atoms with Crippen LogP contribution < -0.4 is 4.74 Å². The van der Waals surface area contributed by atoms with Crippen molar-refractivity contribution in [1.82, 2.24) is 9.80 Å². The van der Waals surface area contributed by atoms with Gasteiger partial charge in [-0.05, 0) is 92.4 Å². The lowest BCUT2D eigenvalue weighted by Crippen LogP contribution is -2.42. The first-order valence-corrected chi connectivity index (χ1v) is 14.5. The van der Waals surface area contributed by atoms with Crippen LogP contribution in [-0.4, -0.2) is 46.5 Å². The van der Waals surface area contributed by atoms with Gasteiger partial charge in [0.1, 0.15) is 18.9 Å². The number of ether oxygens (including phenoxy) is 1. The molecule has 0 saturated carbocycles. The van der Waals surface area contributed by atoms with Crippen molar-refractivity contribution in [3.63, 3.8) is 0 Å². The smallest absolute Gasteiger partial charge is 0.294 e. The summed E-state index contributed by atoms with van der Waals surface area (Å²) in [7, 11) is 0. The zero-order chi connectivity index (χ0) is 25.8. The van der Waals surface area contributed by atoms with Crippen molar-refractivity contribution < 1.29 is 19.1 Å². The van der Waals surface area contributed by atoms with Gasteiger partial charge in [0.15, 0.2) is 0 Å². The zero-order valence-electron chi connectivity index (χ0n) is 19.1. The van der Waals surface area contributed by atoms with Gasteiger partial charge >= 0.3 is 0 Å². The quantitative estimate of drug-likeness (QED) is 0.296. The Morgan fingerprint density at radius 1 is 1.03 bits per heavy atom. The van der Waals surface area contributed by atoms with E-state index in [1.165, 1.54) is 0 Å². The lowest BCUT2D eigenvalue weighted by Gasteiger charge is -2.22. The molecular formula is C25H22Br2Cl2N2O4S. The Morgan fingerprint density at radius 3 is 2.33 bits per heavy atom. The first-order chi connectivity index (χ1) is 17.2. The van der Waals surface area contributed by atoms with Crippen LogP contribution in [0.1, 0.15) is 36.8 Å². The second-order valence-corrected chi connectivity index (χ2v) is 11.9. The topological polar surface area (TPSA) is 66.9 Å². The number of rotatable bonds is 6. The minimum atomic E-state index is -0.460. The van der Waals surface area contributed by atoms with E-state index in [-0.39, 0.29) is 24.0 Å². The van der Waals surface area contributed by atoms with Crippen molar-refractivity contribution in [3.8, 4) is 5.75 Å². The van der Waals surface area contributed by atoms with Gasteiger partial charge in [-0.3, -0.25) is 19.3 Å². The molecule has 4 rings (SSSR count). The van der Waals surface area contributed by atoms with Crippen LogP contribution in [0.3, 0.4) is 0 Å². The van der Waals surface area contributed by atoms with Gasteiger partial charge in [0.05, 0.1) is 13.9 Å². The maximum Gasteiger partial charge on any atom is 0.294 e. The van der Waals surface area contributed by atoms with Crippen molar-refractivity contribution in [2.24, 2.45) is 0 Å². The van der Waals surface area contributed by atoms with Gasteiger partial charge in [0.2, 0.25) is 5.91 Å². The zero-order valence-corrected chi connectivity index (χ0v) is 24.6. The molecule has 0 bridgehead atoms. The molecule has 2 saturated heterocycles. The highest BCUT2D eigenvalue weighted by atomic mass is 79.9. The second kappa shape index (κ2) is 12.3. The molecule has 0 N–H and O–H groups in total. The summed E-state index contributed by atoms with van der Waals surface area (Å²) in [6.45, 7) is 1.35. The maximum atomic E-state index is 12.9. The van der Waals surface area contributed by atoms with Crippen molar-refractivity contribution in [3.05, 3.63) is 65.4 Å². The Bertz CT molecular complexity index is 1210. The average Bonchev–Trinajstić information content (AvgIpc) is 3.01. The van der Waals surface area contributed by atoms with E-state index in [9.17, 15) is 14.4 Å². The van der Waals surface area contributed by atoms with Gasteiger partial charge in [-0.15, -0.1) is 0 Å². The summed E-state index contributed by atoms with van der Waals surface area (Å²) in [5.41, 5.74) is 1.47. The number of hydrogen-bond donors (Lipinski definition) is 0. The highest BCUT2D eigenvalue weighted by Crippen LogP contribution is 2.38. The van der Waals surface area contributed by atoms with Gasteiger partial charge in [-0.1, -0.05) is 42.1 Å². The molecule has 190 valence electrons. The normalized spacial score (nSPS) is 17.6. The van der Waals surface area contributed by atoms with E-state index in [4.69, 9.17) is 27.9 Å². The van der Waals surface area contributed by atoms with Crippen molar-refractivity contribution >= 4 is 90.0 Å². The monoisotopic (exact) mass is 674 g/mol. The number of benzene rings is 2. The molecule has 2 aliphatic rings. The lowest BCUT2D eigenvalue weighted by molar-refractivity contribution is -0.135. The molecule has 0 aromatic heterocycles. The van der Waals surface area contributed by atoms with Crippen molar-refractivity contribution in [2.75, 3.05) is 19.6 Å². The van der Waals surface area contributed by atoms with Gasteiger partial charge in [0, 0.05) is 28.7 Å². The number of imide groups is 1. The van der Waals surface area contributed by atoms with Crippen LogP contribution in [-0.2, 0) is 16.2 Å². The summed E-state index contributed by atoms with van der Waals surface area (Å²) in [5, 5.41) is 0.620. The minimum Gasteiger partial charge on any atom is -0.486 e. The van der Waals surface area contributed by atoms with E-state index in [0.717, 1.165) is 47.9 Å². The van der Waals surface area contributed by atoms with Crippen LogP contribution in [0.4, 0.5) is 4.79 Å². The van der Waals surface area contributed by atoms with E-state index >= 15 is 0 Å². The highest BCUT2D eigenvalue weighted by molar-refractivity contribution is 9.11. The molecule has 0 atom stereocenters. The maximum absolute atomic E-state index is 12.9. The van der Waals surface area contributed by atoms with Crippen LogP contribution in [0.15, 0.2) is 44.2 Å². The molecule has 2 aromatic carbocycles. The minimum absolute atomic E-state index is 0.187. The standard InChI is InChI=1S/C25H22Br2Cl2N2O4S/c26-18-9-15(10-19(27)23(18)35-14-16-5-6-17(28)12-20(16)29)11-21-24(33)31(25(34)36-21)13-22(32)30-7-3-1-2-4-8-30/h5-6,9-12H,1-4,7-8,13-14H2. The van der Waals surface area contributed by atoms with Crippen LogP contribution in [0, 0.1) is 0 Å². The predicted molar refractivity (Wildman–Crippen MR) is 150 cm³/mol. The van der Waals surface area contributed by atoms with Gasteiger partial charge in [-0.2, -0.15) is 0 Å². The Balaban J connectivity index is 1.45. The van der Waals surface area contributed by atoms with E-state index in [0.29, 0.717) is 43.4 Å².